The third-order valence-corrected chi connectivity index (χ3v) is 3.13. The monoisotopic (exact) mass is 287 g/mol. The van der Waals surface area contributed by atoms with Gasteiger partial charge in [-0.05, 0) is 33.9 Å². The quantitative estimate of drug-likeness (QED) is 0.419. The Morgan fingerprint density at radius 3 is 2.26 bits per heavy atom. The molecule has 0 aliphatic carbocycles. The zero-order valence-corrected chi connectivity index (χ0v) is 13.9. The number of carbonyl (C=O) groups is 2. The molecule has 0 bridgehead atoms. The molecule has 0 aromatic heterocycles. The SMILES string of the molecule is COC(=O)CN(CC=CC(=O)O[SiH](C)C)C(C)(C)C. The number of esters is 1. The standard InChI is InChI=1S/C13H25NO4Si/c1-13(2,3)14(10-12(16)17-4)9-7-8-11(15)18-19(5)6/h7-8,19H,9-10H2,1-6H3. The summed E-state index contributed by atoms with van der Waals surface area (Å²) in [5, 5.41) is 0. The first-order valence-corrected chi connectivity index (χ1v) is 9.14. The predicted octanol–water partition coefficient (Wildman–Crippen LogP) is 1.34. The Morgan fingerprint density at radius 2 is 1.84 bits per heavy atom. The Balaban J connectivity index is 4.46. The van der Waals surface area contributed by atoms with Gasteiger partial charge in [-0.1, -0.05) is 6.08 Å². The molecule has 110 valence electrons. The van der Waals surface area contributed by atoms with Gasteiger partial charge in [-0.25, -0.2) is 4.79 Å². The second kappa shape index (κ2) is 8.11. The van der Waals surface area contributed by atoms with Crippen molar-refractivity contribution in [3.63, 3.8) is 0 Å². The topological polar surface area (TPSA) is 55.8 Å². The molecule has 19 heavy (non-hydrogen) atoms. The lowest BCUT2D eigenvalue weighted by atomic mass is 10.1. The minimum Gasteiger partial charge on any atom is -0.520 e. The van der Waals surface area contributed by atoms with E-state index in [1.54, 1.807) is 6.08 Å². The van der Waals surface area contributed by atoms with E-state index in [-0.39, 0.29) is 24.0 Å². The van der Waals surface area contributed by atoms with Crippen LogP contribution in [0.5, 0.6) is 0 Å². The molecule has 0 aliphatic rings. The van der Waals surface area contributed by atoms with Gasteiger partial charge in [0.1, 0.15) is 0 Å². The van der Waals surface area contributed by atoms with Crippen molar-refractivity contribution in [3.8, 4) is 0 Å². The van der Waals surface area contributed by atoms with Crippen molar-refractivity contribution in [2.75, 3.05) is 20.2 Å². The molecule has 0 saturated heterocycles. The predicted molar refractivity (Wildman–Crippen MR) is 77.5 cm³/mol. The van der Waals surface area contributed by atoms with E-state index in [1.165, 1.54) is 13.2 Å². The molecule has 0 saturated carbocycles. The highest BCUT2D eigenvalue weighted by Crippen LogP contribution is 2.12. The van der Waals surface area contributed by atoms with Crippen LogP contribution in [0.4, 0.5) is 0 Å². The van der Waals surface area contributed by atoms with E-state index in [0.717, 1.165) is 0 Å². The molecular weight excluding hydrogens is 262 g/mol. The molecule has 0 fully saturated rings. The summed E-state index contributed by atoms with van der Waals surface area (Å²) in [4.78, 5) is 24.6. The molecule has 0 rings (SSSR count). The van der Waals surface area contributed by atoms with Gasteiger partial charge < -0.3 is 9.16 Å². The van der Waals surface area contributed by atoms with Gasteiger partial charge in [-0.3, -0.25) is 9.69 Å². The Kier molecular flexibility index (Phi) is 7.62. The smallest absolute Gasteiger partial charge is 0.319 e. The summed E-state index contributed by atoms with van der Waals surface area (Å²) in [6.07, 6.45) is 3.14. The van der Waals surface area contributed by atoms with E-state index < -0.39 is 9.04 Å². The second-order valence-corrected chi connectivity index (χ2v) is 7.85. The molecule has 0 spiro atoms. The fourth-order valence-electron chi connectivity index (χ4n) is 1.34. The molecule has 0 aromatic carbocycles. The Hall–Kier alpha value is -1.14. The van der Waals surface area contributed by atoms with Crippen LogP contribution < -0.4 is 0 Å². The number of rotatable bonds is 6. The Labute approximate surface area is 117 Å². The number of hydrogen-bond donors (Lipinski definition) is 0. The zero-order chi connectivity index (χ0) is 15.1. The van der Waals surface area contributed by atoms with Crippen LogP contribution in [0.1, 0.15) is 20.8 Å². The third kappa shape index (κ3) is 8.55. The van der Waals surface area contributed by atoms with E-state index in [9.17, 15) is 9.59 Å². The molecule has 0 N–H and O–H groups in total. The third-order valence-electron chi connectivity index (χ3n) is 2.43. The number of hydrogen-bond acceptors (Lipinski definition) is 5. The molecule has 0 amide bonds. The van der Waals surface area contributed by atoms with E-state index in [2.05, 4.69) is 4.74 Å². The maximum Gasteiger partial charge on any atom is 0.319 e. The lowest BCUT2D eigenvalue weighted by molar-refractivity contribution is -0.143. The van der Waals surface area contributed by atoms with Crippen molar-refractivity contribution in [1.29, 1.82) is 0 Å². The van der Waals surface area contributed by atoms with E-state index in [1.807, 2.05) is 38.8 Å². The van der Waals surface area contributed by atoms with Gasteiger partial charge >= 0.3 is 11.9 Å². The van der Waals surface area contributed by atoms with Gasteiger partial charge in [0, 0.05) is 18.2 Å². The van der Waals surface area contributed by atoms with E-state index >= 15 is 0 Å². The maximum absolute atomic E-state index is 11.4. The van der Waals surface area contributed by atoms with Crippen LogP contribution in [-0.2, 0) is 18.8 Å². The average molecular weight is 287 g/mol. The molecule has 0 heterocycles. The van der Waals surface area contributed by atoms with Crippen LogP contribution >= 0.6 is 0 Å². The molecule has 0 atom stereocenters. The van der Waals surface area contributed by atoms with Gasteiger partial charge in [0.15, 0.2) is 0 Å². The molecule has 0 aliphatic heterocycles. The van der Waals surface area contributed by atoms with Crippen molar-refractivity contribution >= 4 is 21.0 Å². The normalized spacial score (nSPS) is 12.2. The lowest BCUT2D eigenvalue weighted by Crippen LogP contribution is -2.44. The highest BCUT2D eigenvalue weighted by atomic mass is 28.3. The first kappa shape index (κ1) is 17.9. The van der Waals surface area contributed by atoms with Gasteiger partial charge in [-0.2, -0.15) is 0 Å². The number of ether oxygens (including phenoxy) is 1. The average Bonchev–Trinajstić information content (AvgIpc) is 2.25. The van der Waals surface area contributed by atoms with Crippen LogP contribution in [0.15, 0.2) is 12.2 Å². The Bertz CT molecular complexity index is 334. The largest absolute Gasteiger partial charge is 0.520 e. The number of carbonyl (C=O) groups excluding carboxylic acids is 2. The lowest BCUT2D eigenvalue weighted by Gasteiger charge is -2.33. The summed E-state index contributed by atoms with van der Waals surface area (Å²) in [7, 11) is 0.0184. The first-order chi connectivity index (χ1) is 8.66. The minimum atomic E-state index is -1.35. The van der Waals surface area contributed by atoms with Crippen LogP contribution in [0, 0.1) is 0 Å². The van der Waals surface area contributed by atoms with Crippen LogP contribution in [0.25, 0.3) is 0 Å². The molecular formula is C13H25NO4Si. The van der Waals surface area contributed by atoms with Gasteiger partial charge in [0.2, 0.25) is 9.04 Å². The second-order valence-electron chi connectivity index (χ2n) is 5.52. The van der Waals surface area contributed by atoms with Gasteiger partial charge in [0.25, 0.3) is 0 Å². The number of methoxy groups -OCH3 is 1. The van der Waals surface area contributed by atoms with E-state index in [0.29, 0.717) is 6.54 Å². The van der Waals surface area contributed by atoms with Crippen molar-refractivity contribution in [3.05, 3.63) is 12.2 Å². The molecule has 5 nitrogen and oxygen atoms in total. The van der Waals surface area contributed by atoms with Gasteiger partial charge in [0.05, 0.1) is 13.7 Å². The number of nitrogens with zero attached hydrogens (tertiary/aromatic N) is 1. The summed E-state index contributed by atoms with van der Waals surface area (Å²) < 4.78 is 9.79. The molecule has 0 radical (unpaired) electrons. The van der Waals surface area contributed by atoms with Crippen LogP contribution in [0.2, 0.25) is 13.1 Å². The van der Waals surface area contributed by atoms with Crippen LogP contribution in [0.3, 0.4) is 0 Å². The minimum absolute atomic E-state index is 0.185. The van der Waals surface area contributed by atoms with Crippen LogP contribution in [-0.4, -0.2) is 51.6 Å². The fourth-order valence-corrected chi connectivity index (χ4v) is 1.89. The van der Waals surface area contributed by atoms with Gasteiger partial charge in [-0.15, -0.1) is 0 Å². The summed E-state index contributed by atoms with van der Waals surface area (Å²) in [6, 6.07) is 0. The molecule has 0 unspecified atom stereocenters. The summed E-state index contributed by atoms with van der Waals surface area (Å²) in [5.41, 5.74) is -0.185. The summed E-state index contributed by atoms with van der Waals surface area (Å²) in [6.45, 7) is 10.6. The maximum atomic E-state index is 11.4. The van der Waals surface area contributed by atoms with Crippen molar-refractivity contribution in [2.45, 2.75) is 39.4 Å². The Morgan fingerprint density at radius 1 is 1.26 bits per heavy atom. The highest BCUT2D eigenvalue weighted by Gasteiger charge is 2.22. The molecule has 0 aromatic rings. The molecule has 6 heteroatoms. The van der Waals surface area contributed by atoms with Crippen molar-refractivity contribution in [1.82, 2.24) is 4.90 Å². The fraction of sp³-hybridized carbons (Fsp3) is 0.692. The van der Waals surface area contributed by atoms with E-state index in [4.69, 9.17) is 4.43 Å². The zero-order valence-electron chi connectivity index (χ0n) is 12.7. The summed E-state index contributed by atoms with van der Waals surface area (Å²) in [5.74, 6) is -0.603. The van der Waals surface area contributed by atoms with Crippen molar-refractivity contribution < 1.29 is 18.8 Å². The summed E-state index contributed by atoms with van der Waals surface area (Å²) >= 11 is 0. The first-order valence-electron chi connectivity index (χ1n) is 6.36. The highest BCUT2D eigenvalue weighted by molar-refractivity contribution is 6.50. The van der Waals surface area contributed by atoms with Crippen molar-refractivity contribution in [2.24, 2.45) is 0 Å².